The Labute approximate surface area is 313 Å². The Bertz CT molecular complexity index is 1200. The molecule has 0 aliphatic heterocycles. The number of halogens is 1. The molecule has 0 aromatic carbocycles. The molecular weight excluding hydrogens is 634 g/mol. The van der Waals surface area contributed by atoms with Crippen LogP contribution in [0, 0.1) is 57.2 Å². The first-order chi connectivity index (χ1) is 24.2. The summed E-state index contributed by atoms with van der Waals surface area (Å²) in [7, 11) is 0. The number of rotatable bonds is 4. The number of allylic oxidation sites excluding steroid dienone is 5. The third kappa shape index (κ3) is 8.01. The monoisotopic (exact) mass is 712 g/mol. The van der Waals surface area contributed by atoms with E-state index in [1.807, 2.05) is 6.92 Å². The molecule has 8 unspecified atom stereocenters. The molecule has 5 heteroatoms. The molecule has 0 heterocycles. The molecule has 0 bridgehead atoms. The van der Waals surface area contributed by atoms with Crippen LogP contribution in [0.4, 0.5) is 4.39 Å². The highest BCUT2D eigenvalue weighted by Crippen LogP contribution is 2.76. The fourth-order valence-electron chi connectivity index (χ4n) is 13.9. The lowest BCUT2D eigenvalue weighted by atomic mass is 9.33. The van der Waals surface area contributed by atoms with Gasteiger partial charge in [-0.15, -0.1) is 6.58 Å². The Morgan fingerprint density at radius 3 is 2.12 bits per heavy atom. The topological polar surface area (TPSA) is 69.6 Å². The highest BCUT2D eigenvalue weighted by atomic mass is 19.1. The van der Waals surface area contributed by atoms with Crippen LogP contribution in [-0.4, -0.2) is 41.5 Å². The van der Waals surface area contributed by atoms with Gasteiger partial charge in [0.1, 0.15) is 0 Å². The molecule has 7 rings (SSSR count). The zero-order chi connectivity index (χ0) is 37.7. The van der Waals surface area contributed by atoms with Crippen molar-refractivity contribution >= 4 is 6.47 Å². The molecule has 0 aromatic rings. The van der Waals surface area contributed by atoms with Crippen molar-refractivity contribution < 1.29 is 19.4 Å². The van der Waals surface area contributed by atoms with E-state index >= 15 is 0 Å². The maximum Gasteiger partial charge on any atom is 0.290 e. The molecule has 4 nitrogen and oxygen atoms in total. The number of carbonyl (C=O) groups is 1. The summed E-state index contributed by atoms with van der Waals surface area (Å²) in [4.78, 5) is 8.36. The van der Waals surface area contributed by atoms with Crippen molar-refractivity contribution in [1.29, 1.82) is 0 Å². The van der Waals surface area contributed by atoms with Crippen molar-refractivity contribution in [2.45, 2.75) is 176 Å². The van der Waals surface area contributed by atoms with Crippen LogP contribution in [0.25, 0.3) is 0 Å². The van der Waals surface area contributed by atoms with Gasteiger partial charge in [-0.3, -0.25) is 9.18 Å². The predicted octanol–water partition coefficient (Wildman–Crippen LogP) is 11.9. The number of hydrogen-bond donors (Lipinski definition) is 3. The second-order valence-electron chi connectivity index (χ2n) is 19.3. The van der Waals surface area contributed by atoms with Gasteiger partial charge in [0, 0.05) is 5.54 Å². The molecular formula is C46H78FNO3. The molecule has 5 fully saturated rings. The first kappa shape index (κ1) is 42.3. The summed E-state index contributed by atoms with van der Waals surface area (Å²) >= 11 is 0. The minimum absolute atomic E-state index is 0.0196. The molecule has 5 saturated carbocycles. The lowest BCUT2D eigenvalue weighted by molar-refractivity contribution is -0.218. The lowest BCUT2D eigenvalue weighted by Crippen LogP contribution is -2.67. The summed E-state index contributed by atoms with van der Waals surface area (Å²) in [6, 6.07) is 0. The average molecular weight is 712 g/mol. The quantitative estimate of drug-likeness (QED) is 0.201. The minimum Gasteiger partial charge on any atom is -0.483 e. The predicted molar refractivity (Wildman–Crippen MR) is 212 cm³/mol. The molecule has 0 radical (unpaired) electrons. The van der Waals surface area contributed by atoms with Gasteiger partial charge in [-0.25, -0.2) is 0 Å². The van der Waals surface area contributed by atoms with Gasteiger partial charge < -0.3 is 15.5 Å². The van der Waals surface area contributed by atoms with Crippen LogP contribution in [0.1, 0.15) is 165 Å². The molecule has 51 heavy (non-hydrogen) atoms. The van der Waals surface area contributed by atoms with Gasteiger partial charge in [0.25, 0.3) is 6.47 Å². The molecule has 292 valence electrons. The van der Waals surface area contributed by atoms with E-state index in [4.69, 9.17) is 15.0 Å². The SMILES string of the molecule is C=CC.CC1CCC(O)CC1.CCNC12CCCC1C1CCC3C4(C)CC=C(C5=CCC(CF)CC5)C(C)(C)C4CCC3(C)[C@]1(C)CC2.O=CO. The molecule has 7 aliphatic carbocycles. The molecule has 7 aliphatic rings. The molecule has 0 saturated heterocycles. The normalized spacial score (nSPS) is 43.5. The van der Waals surface area contributed by atoms with Gasteiger partial charge >= 0.3 is 0 Å². The van der Waals surface area contributed by atoms with Crippen LogP contribution in [0.2, 0.25) is 0 Å². The third-order valence-corrected chi connectivity index (χ3v) is 16.5. The summed E-state index contributed by atoms with van der Waals surface area (Å²) in [6.45, 7) is 24.0. The van der Waals surface area contributed by atoms with Gasteiger partial charge in [0.15, 0.2) is 0 Å². The van der Waals surface area contributed by atoms with E-state index in [1.54, 1.807) is 17.2 Å². The maximum atomic E-state index is 13.3. The Morgan fingerprint density at radius 1 is 0.882 bits per heavy atom. The zero-order valence-corrected chi connectivity index (χ0v) is 34.2. The van der Waals surface area contributed by atoms with Gasteiger partial charge in [-0.2, -0.15) is 0 Å². The average Bonchev–Trinajstić information content (AvgIpc) is 3.51. The third-order valence-electron chi connectivity index (χ3n) is 16.5. The van der Waals surface area contributed by atoms with Gasteiger partial charge in [-0.1, -0.05) is 73.1 Å². The van der Waals surface area contributed by atoms with E-state index in [0.717, 1.165) is 68.2 Å². The molecule has 9 atom stereocenters. The number of aliphatic hydroxyl groups excluding tert-OH is 1. The van der Waals surface area contributed by atoms with Gasteiger partial charge in [-0.05, 0) is 185 Å². The van der Waals surface area contributed by atoms with Crippen molar-refractivity contribution in [3.63, 3.8) is 0 Å². The lowest BCUT2D eigenvalue weighted by Gasteiger charge is -2.72. The minimum atomic E-state index is -0.250. The highest BCUT2D eigenvalue weighted by molar-refractivity contribution is 5.41. The van der Waals surface area contributed by atoms with E-state index in [1.165, 1.54) is 77.0 Å². The Kier molecular flexibility index (Phi) is 14.4. The first-order valence-corrected chi connectivity index (χ1v) is 21.2. The van der Waals surface area contributed by atoms with E-state index < -0.39 is 0 Å². The number of fused-ring (bicyclic) bond motifs is 7. The highest BCUT2D eigenvalue weighted by Gasteiger charge is 2.69. The van der Waals surface area contributed by atoms with E-state index in [9.17, 15) is 4.39 Å². The van der Waals surface area contributed by atoms with E-state index in [-0.39, 0.29) is 30.6 Å². The van der Waals surface area contributed by atoms with Crippen molar-refractivity contribution in [2.24, 2.45) is 57.2 Å². The van der Waals surface area contributed by atoms with Crippen LogP contribution in [0.3, 0.4) is 0 Å². The van der Waals surface area contributed by atoms with Crippen molar-refractivity contribution in [2.75, 3.05) is 13.2 Å². The fourth-order valence-corrected chi connectivity index (χ4v) is 13.9. The number of aliphatic hydroxyl groups is 1. The standard InChI is InChI=1S/C35H56FN.C7H14O.C3H6.CH2O2/c1-7-37-35-18-8-9-28(35)27-14-15-30-32(4)19-16-26(25-12-10-24(23-36)11-13-25)31(2,3)29(32)17-20-34(30,6)33(27,5)21-22-35;1-6-2-4-7(8)5-3-6;1-3-2;2-1-3/h12,16,24,27-30,37H,7-11,13-15,17-23H2,1-6H3;6-8H,2-5H2,1H3;3H,1H2,2H3;1H,(H,2,3)/t24?,27?,28?,29?,30?,32?,33-,34?,35?;;;/m1.../s1. The van der Waals surface area contributed by atoms with E-state index in [2.05, 4.69) is 72.5 Å². The Balaban J connectivity index is 0.000000353. The number of alkyl halides is 1. The van der Waals surface area contributed by atoms with Crippen LogP contribution in [-0.2, 0) is 4.79 Å². The first-order valence-electron chi connectivity index (χ1n) is 21.2. The second kappa shape index (κ2) is 17.3. The van der Waals surface area contributed by atoms with Gasteiger partial charge in [0.2, 0.25) is 0 Å². The maximum absolute atomic E-state index is 13.3. The summed E-state index contributed by atoms with van der Waals surface area (Å²) in [5, 5.41) is 20.0. The number of nitrogens with one attached hydrogen (secondary N) is 1. The van der Waals surface area contributed by atoms with Crippen molar-refractivity contribution in [1.82, 2.24) is 5.32 Å². The zero-order valence-electron chi connectivity index (χ0n) is 34.2. The smallest absolute Gasteiger partial charge is 0.290 e. The molecule has 0 spiro atoms. The second-order valence-corrected chi connectivity index (χ2v) is 19.3. The Hall–Kier alpha value is -1.46. The van der Waals surface area contributed by atoms with Crippen molar-refractivity contribution in [3.05, 3.63) is 36.0 Å². The molecule has 3 N–H and O–H groups in total. The largest absolute Gasteiger partial charge is 0.483 e. The number of hydrogen-bond acceptors (Lipinski definition) is 3. The van der Waals surface area contributed by atoms with Crippen LogP contribution in [0.5, 0.6) is 0 Å². The van der Waals surface area contributed by atoms with Gasteiger partial charge in [0.05, 0.1) is 12.8 Å². The summed E-state index contributed by atoms with van der Waals surface area (Å²) in [5.74, 6) is 4.51. The van der Waals surface area contributed by atoms with Crippen molar-refractivity contribution in [3.8, 4) is 0 Å². The Morgan fingerprint density at radius 2 is 1.55 bits per heavy atom. The number of carboxylic acid groups (broad SMARTS) is 1. The molecule has 0 amide bonds. The summed E-state index contributed by atoms with van der Waals surface area (Å²) in [6.07, 6.45) is 28.6. The van der Waals surface area contributed by atoms with Crippen LogP contribution < -0.4 is 5.32 Å². The molecule has 0 aromatic heterocycles. The fraction of sp³-hybridized carbons (Fsp3) is 0.848. The van der Waals surface area contributed by atoms with Crippen LogP contribution >= 0.6 is 0 Å². The van der Waals surface area contributed by atoms with Crippen LogP contribution in [0.15, 0.2) is 36.0 Å². The van der Waals surface area contributed by atoms with E-state index in [0.29, 0.717) is 21.8 Å². The summed E-state index contributed by atoms with van der Waals surface area (Å²) in [5.41, 5.74) is 5.21. The summed E-state index contributed by atoms with van der Waals surface area (Å²) < 4.78 is 13.3.